The Balaban J connectivity index is 0. The summed E-state index contributed by atoms with van der Waals surface area (Å²) in [5.74, 6) is 1.35. The molecule has 3 heteroatoms. The fourth-order valence-corrected chi connectivity index (χ4v) is 2.52. The van der Waals surface area contributed by atoms with Crippen molar-refractivity contribution in [1.82, 2.24) is 0 Å². The third kappa shape index (κ3) is 12.3. The van der Waals surface area contributed by atoms with Crippen LogP contribution in [0.1, 0.15) is 64.2 Å². The van der Waals surface area contributed by atoms with Crippen LogP contribution >= 0.6 is 0 Å². The van der Waals surface area contributed by atoms with E-state index in [2.05, 4.69) is 77.4 Å². The van der Waals surface area contributed by atoms with Crippen molar-refractivity contribution in [3.05, 3.63) is 46.0 Å². The quantitative estimate of drug-likeness (QED) is 0.660. The summed E-state index contributed by atoms with van der Waals surface area (Å²) in [5.41, 5.74) is 11.3. The highest BCUT2D eigenvalue weighted by molar-refractivity contribution is 5.86. The van der Waals surface area contributed by atoms with E-state index in [-0.39, 0.29) is 5.92 Å². The minimum atomic E-state index is 0.220. The molecule has 0 fully saturated rings. The largest absolute Gasteiger partial charge is 0.333 e. The van der Waals surface area contributed by atoms with Crippen LogP contribution in [0.15, 0.2) is 34.3 Å². The number of nitrogens with two attached hydrogens (primary N) is 1. The molecule has 3 nitrogen and oxygen atoms in total. The molecule has 2 N–H and O–H groups in total. The number of benzene rings is 1. The first-order valence-electron chi connectivity index (χ1n) is 9.81. The Hall–Kier alpha value is -1.74. The molecule has 0 saturated carbocycles. The minimum absolute atomic E-state index is 0.220. The second-order valence-electron chi connectivity index (χ2n) is 7.66. The predicted molar refractivity (Wildman–Crippen MR) is 122 cm³/mol. The minimum Gasteiger partial charge on any atom is -0.333 e. The average Bonchev–Trinajstić information content (AvgIpc) is 2.96. The van der Waals surface area contributed by atoms with Gasteiger partial charge in [-0.1, -0.05) is 44.5 Å². The number of carbonyl (C=O) groups excluding carboxylic acids is 1. The second kappa shape index (κ2) is 15.3. The van der Waals surface area contributed by atoms with Crippen molar-refractivity contribution in [3.63, 3.8) is 0 Å². The first kappa shape index (κ1) is 27.5. The maximum atomic E-state index is 11.1. The van der Waals surface area contributed by atoms with Crippen LogP contribution in [0.2, 0.25) is 0 Å². The highest BCUT2D eigenvalue weighted by Crippen LogP contribution is 2.30. The van der Waals surface area contributed by atoms with Crippen LogP contribution in [0, 0.1) is 32.6 Å². The van der Waals surface area contributed by atoms with Gasteiger partial charge in [-0.2, -0.15) is 0 Å². The molecule has 0 spiro atoms. The van der Waals surface area contributed by atoms with E-state index < -0.39 is 0 Å². The number of carbonyl (C=O) groups is 1. The number of aryl methyl sites for hydroxylation is 2. The van der Waals surface area contributed by atoms with Crippen molar-refractivity contribution in [2.24, 2.45) is 22.6 Å². The van der Waals surface area contributed by atoms with Gasteiger partial charge in [-0.25, -0.2) is 0 Å². The molecule has 1 aliphatic rings. The van der Waals surface area contributed by atoms with Gasteiger partial charge in [0, 0.05) is 19.2 Å². The maximum absolute atomic E-state index is 11.1. The van der Waals surface area contributed by atoms with Gasteiger partial charge >= 0.3 is 0 Å². The topological polar surface area (TPSA) is 55.4 Å². The number of aliphatic imine (C=N–C) groups is 1. The Kier molecular flexibility index (Phi) is 15.6. The van der Waals surface area contributed by atoms with E-state index in [1.54, 1.807) is 14.0 Å². The molecule has 1 aromatic rings. The number of hydrogen-bond acceptors (Lipinski definition) is 3. The third-order valence-electron chi connectivity index (χ3n) is 4.30. The summed E-state index contributed by atoms with van der Waals surface area (Å²) in [5, 5.41) is 0. The molecule has 27 heavy (non-hydrogen) atoms. The summed E-state index contributed by atoms with van der Waals surface area (Å²) in [6, 6.07) is 6.38. The van der Waals surface area contributed by atoms with Crippen molar-refractivity contribution in [1.29, 1.82) is 0 Å². The van der Waals surface area contributed by atoms with Gasteiger partial charge < -0.3 is 5.73 Å². The SMILES string of the molecule is CC(C)C.CN.CN=CC1=C(C)CC(C(C)=O)C1.Cc1cccc(C)c1C. The smallest absolute Gasteiger partial charge is 0.133 e. The van der Waals surface area contributed by atoms with Crippen molar-refractivity contribution < 1.29 is 4.79 Å². The van der Waals surface area contributed by atoms with Gasteiger partial charge in [-0.3, -0.25) is 9.79 Å². The van der Waals surface area contributed by atoms with Gasteiger partial charge in [0.25, 0.3) is 0 Å². The van der Waals surface area contributed by atoms with E-state index >= 15 is 0 Å². The van der Waals surface area contributed by atoms with Crippen molar-refractivity contribution in [2.45, 2.75) is 68.2 Å². The van der Waals surface area contributed by atoms with Crippen LogP contribution in [-0.4, -0.2) is 26.1 Å². The van der Waals surface area contributed by atoms with Gasteiger partial charge in [0.15, 0.2) is 0 Å². The van der Waals surface area contributed by atoms with E-state index in [4.69, 9.17) is 0 Å². The molecule has 1 unspecified atom stereocenters. The zero-order valence-corrected chi connectivity index (χ0v) is 19.3. The van der Waals surface area contributed by atoms with E-state index in [0.717, 1.165) is 18.8 Å². The fourth-order valence-electron chi connectivity index (χ4n) is 2.52. The van der Waals surface area contributed by atoms with E-state index in [0.29, 0.717) is 5.78 Å². The van der Waals surface area contributed by atoms with Gasteiger partial charge in [0.2, 0.25) is 0 Å². The Morgan fingerprint density at radius 1 is 1.07 bits per heavy atom. The van der Waals surface area contributed by atoms with Crippen molar-refractivity contribution in [3.8, 4) is 0 Å². The summed E-state index contributed by atoms with van der Waals surface area (Å²) < 4.78 is 0. The fraction of sp³-hybridized carbons (Fsp3) is 0.583. The van der Waals surface area contributed by atoms with E-state index in [9.17, 15) is 4.79 Å². The van der Waals surface area contributed by atoms with Gasteiger partial charge in [0.05, 0.1) is 0 Å². The number of ketones is 1. The molecule has 0 saturated heterocycles. The predicted octanol–water partition coefficient (Wildman–Crippen LogP) is 5.85. The molecule has 0 aromatic heterocycles. The number of Topliss-reactive ketones (excluding diaryl/α,β-unsaturated/α-hetero) is 1. The highest BCUT2D eigenvalue weighted by Gasteiger charge is 2.23. The van der Waals surface area contributed by atoms with Gasteiger partial charge in [-0.05, 0) is 82.7 Å². The van der Waals surface area contributed by atoms with Crippen molar-refractivity contribution in [2.75, 3.05) is 14.1 Å². The molecule has 0 aliphatic heterocycles. The zero-order valence-electron chi connectivity index (χ0n) is 19.3. The number of nitrogens with zero attached hydrogens (tertiary/aromatic N) is 1. The van der Waals surface area contributed by atoms with Crippen LogP contribution in [0.3, 0.4) is 0 Å². The molecule has 1 aliphatic carbocycles. The number of allylic oxidation sites excluding steroid dienone is 2. The molecule has 0 radical (unpaired) electrons. The first-order valence-corrected chi connectivity index (χ1v) is 9.81. The van der Waals surface area contributed by atoms with Crippen LogP contribution in [0.5, 0.6) is 0 Å². The van der Waals surface area contributed by atoms with Crippen LogP contribution in [-0.2, 0) is 4.79 Å². The number of rotatable bonds is 2. The lowest BCUT2D eigenvalue weighted by atomic mass is 10.0. The lowest BCUT2D eigenvalue weighted by molar-refractivity contribution is -0.120. The van der Waals surface area contributed by atoms with Gasteiger partial charge in [0.1, 0.15) is 5.78 Å². The normalized spacial score (nSPS) is 15.5. The van der Waals surface area contributed by atoms with Gasteiger partial charge in [-0.15, -0.1) is 0 Å². The summed E-state index contributed by atoms with van der Waals surface area (Å²) in [6.07, 6.45) is 3.69. The molecule has 2 rings (SSSR count). The molecule has 1 atom stereocenters. The molecule has 1 aromatic carbocycles. The molecule has 0 bridgehead atoms. The third-order valence-corrected chi connectivity index (χ3v) is 4.30. The Morgan fingerprint density at radius 2 is 1.52 bits per heavy atom. The molecule has 154 valence electrons. The lowest BCUT2D eigenvalue weighted by Crippen LogP contribution is -2.06. The van der Waals surface area contributed by atoms with Crippen LogP contribution in [0.4, 0.5) is 0 Å². The van der Waals surface area contributed by atoms with Crippen molar-refractivity contribution >= 4 is 12.0 Å². The maximum Gasteiger partial charge on any atom is 0.133 e. The summed E-state index contributed by atoms with van der Waals surface area (Å²) in [7, 11) is 3.27. The van der Waals surface area contributed by atoms with Crippen LogP contribution < -0.4 is 5.73 Å². The molecule has 0 amide bonds. The Morgan fingerprint density at radius 3 is 1.81 bits per heavy atom. The zero-order chi connectivity index (χ0) is 21.6. The Labute approximate surface area is 168 Å². The molecule has 0 heterocycles. The summed E-state index contributed by atoms with van der Waals surface area (Å²) >= 11 is 0. The summed E-state index contributed by atoms with van der Waals surface area (Å²) in [4.78, 5) is 15.0. The monoisotopic (exact) mass is 374 g/mol. The highest BCUT2D eigenvalue weighted by atomic mass is 16.1. The molecular formula is C24H42N2O. The first-order chi connectivity index (χ1) is 12.6. The van der Waals surface area contributed by atoms with Crippen LogP contribution in [0.25, 0.3) is 0 Å². The standard InChI is InChI=1S/C10H15NO.C9H12.C4H10.CH5N/c1-7-4-9(8(2)12)5-10(7)6-11-3;1-7-5-4-6-8(2)9(7)3;1-4(2)3;1-2/h6,9H,4-5H2,1-3H3;4-6H,1-3H3;4H,1-3H3;2H2,1H3. The average molecular weight is 375 g/mol. The number of hydrogen-bond donors (Lipinski definition) is 1. The van der Waals surface area contributed by atoms with E-state index in [1.807, 2.05) is 6.21 Å². The summed E-state index contributed by atoms with van der Waals surface area (Å²) in [6.45, 7) is 16.7. The second-order valence-corrected chi connectivity index (χ2v) is 7.66. The molecular weight excluding hydrogens is 332 g/mol. The van der Waals surface area contributed by atoms with E-state index in [1.165, 1.54) is 34.9 Å². The lowest BCUT2D eigenvalue weighted by Gasteiger charge is -2.02. The Bertz CT molecular complexity index is 590.